The van der Waals surface area contributed by atoms with Crippen molar-refractivity contribution in [2.75, 3.05) is 26.0 Å². The Labute approximate surface area is 135 Å². The number of ether oxygens (including phenoxy) is 2. The van der Waals surface area contributed by atoms with Gasteiger partial charge in [0, 0.05) is 13.1 Å². The highest BCUT2D eigenvalue weighted by atomic mass is 32.2. The number of rotatable bonds is 5. The second-order valence-electron chi connectivity index (χ2n) is 6.19. The third-order valence-electron chi connectivity index (χ3n) is 4.38. The van der Waals surface area contributed by atoms with Crippen LogP contribution in [-0.4, -0.2) is 72.8 Å². The molecule has 2 fully saturated rings. The zero-order chi connectivity index (χ0) is 16.7. The topological polar surface area (TPSA) is 96.3 Å². The lowest BCUT2D eigenvalue weighted by Crippen LogP contribution is -2.68. The monoisotopic (exact) mass is 343 g/mol. The molecule has 1 aromatic carbocycles. The van der Waals surface area contributed by atoms with E-state index in [-0.39, 0.29) is 19.7 Å². The van der Waals surface area contributed by atoms with Crippen LogP contribution < -0.4 is 0 Å². The maximum Gasteiger partial charge on any atom is 0.211 e. The Hall–Kier alpha value is -1.03. The van der Waals surface area contributed by atoms with Crippen LogP contribution >= 0.6 is 0 Å². The number of nitrogens with zero attached hydrogens (tertiary/aromatic N) is 1. The smallest absolute Gasteiger partial charge is 0.211 e. The fourth-order valence-electron chi connectivity index (χ4n) is 3.00. The summed E-state index contributed by atoms with van der Waals surface area (Å²) in [5.41, 5.74) is -0.0225. The van der Waals surface area contributed by atoms with Gasteiger partial charge in [0.1, 0.15) is 23.9 Å². The molecule has 2 N–H and O–H groups in total. The Balaban J connectivity index is 1.54. The molecule has 7 nitrogen and oxygen atoms in total. The zero-order valence-electron chi connectivity index (χ0n) is 12.8. The Morgan fingerprint density at radius 2 is 1.96 bits per heavy atom. The first-order valence-electron chi connectivity index (χ1n) is 7.43. The second kappa shape index (κ2) is 6.12. The Morgan fingerprint density at radius 3 is 2.57 bits per heavy atom. The van der Waals surface area contributed by atoms with Gasteiger partial charge in [0.25, 0.3) is 0 Å². The predicted molar refractivity (Wildman–Crippen MR) is 82.1 cm³/mol. The quantitative estimate of drug-likeness (QED) is 0.737. The normalized spacial score (nSPS) is 30.5. The molecule has 2 saturated heterocycles. The third kappa shape index (κ3) is 3.28. The number of sulfonamides is 1. The molecule has 3 rings (SSSR count). The van der Waals surface area contributed by atoms with E-state index >= 15 is 0 Å². The Bertz CT molecular complexity index is 643. The highest BCUT2D eigenvalue weighted by molar-refractivity contribution is 7.88. The molecule has 3 atom stereocenters. The van der Waals surface area contributed by atoms with Gasteiger partial charge in [-0.1, -0.05) is 30.3 Å². The molecule has 0 amide bonds. The van der Waals surface area contributed by atoms with Gasteiger partial charge < -0.3 is 19.7 Å². The van der Waals surface area contributed by atoms with Gasteiger partial charge in [-0.15, -0.1) is 0 Å². The van der Waals surface area contributed by atoms with Gasteiger partial charge in [-0.05, 0) is 5.56 Å². The van der Waals surface area contributed by atoms with E-state index < -0.39 is 33.9 Å². The van der Waals surface area contributed by atoms with Crippen LogP contribution in [-0.2, 0) is 26.1 Å². The molecule has 0 unspecified atom stereocenters. The van der Waals surface area contributed by atoms with Gasteiger partial charge >= 0.3 is 0 Å². The predicted octanol–water partition coefficient (Wildman–Crippen LogP) is -0.662. The summed E-state index contributed by atoms with van der Waals surface area (Å²) in [5, 5.41) is 20.3. The fourth-order valence-corrected chi connectivity index (χ4v) is 3.91. The molecular formula is C15H21NO6S. The van der Waals surface area contributed by atoms with E-state index in [1.807, 2.05) is 30.3 Å². The van der Waals surface area contributed by atoms with Gasteiger partial charge in [-0.2, -0.15) is 4.31 Å². The molecule has 8 heteroatoms. The summed E-state index contributed by atoms with van der Waals surface area (Å²) in [7, 11) is -3.31. The molecule has 2 heterocycles. The van der Waals surface area contributed by atoms with Gasteiger partial charge in [0.15, 0.2) is 0 Å². The molecule has 0 radical (unpaired) electrons. The van der Waals surface area contributed by atoms with E-state index in [0.717, 1.165) is 11.8 Å². The molecular weight excluding hydrogens is 322 g/mol. The maximum atomic E-state index is 11.5. The highest BCUT2D eigenvalue weighted by Crippen LogP contribution is 2.39. The SMILES string of the molecule is CS(=O)(=O)N1CC2(C1)O[C@H](COCc1ccccc1)[C@H](O)[C@H]2O. The number of hydrogen-bond acceptors (Lipinski definition) is 6. The van der Waals surface area contributed by atoms with Gasteiger partial charge in [-0.25, -0.2) is 8.42 Å². The average Bonchev–Trinajstić information content (AvgIpc) is 2.71. The standard InChI is InChI=1S/C15H21NO6S/c1-23(19,20)16-9-15(10-16)14(18)13(17)12(22-15)8-21-7-11-5-3-2-4-6-11/h2-6,12-14,17-18H,7-10H2,1H3/t12-,13+,14-/m1/s1. The van der Waals surface area contributed by atoms with Crippen molar-refractivity contribution in [3.63, 3.8) is 0 Å². The summed E-state index contributed by atoms with van der Waals surface area (Å²) in [6.45, 7) is 0.623. The summed E-state index contributed by atoms with van der Waals surface area (Å²) in [5.74, 6) is 0. The molecule has 2 aliphatic rings. The molecule has 0 saturated carbocycles. The highest BCUT2D eigenvalue weighted by Gasteiger charge is 2.61. The molecule has 0 bridgehead atoms. The first kappa shape index (κ1) is 16.8. The fraction of sp³-hybridized carbons (Fsp3) is 0.600. The van der Waals surface area contributed by atoms with Crippen LogP contribution in [0.15, 0.2) is 30.3 Å². The molecule has 1 aromatic rings. The van der Waals surface area contributed by atoms with Crippen LogP contribution in [0.25, 0.3) is 0 Å². The van der Waals surface area contributed by atoms with E-state index in [0.29, 0.717) is 6.61 Å². The van der Waals surface area contributed by atoms with E-state index in [9.17, 15) is 18.6 Å². The molecule has 2 aliphatic heterocycles. The Morgan fingerprint density at radius 1 is 1.30 bits per heavy atom. The van der Waals surface area contributed by atoms with Crippen molar-refractivity contribution in [1.82, 2.24) is 4.31 Å². The van der Waals surface area contributed by atoms with Crippen LogP contribution in [0.3, 0.4) is 0 Å². The van der Waals surface area contributed by atoms with Gasteiger partial charge in [0.05, 0.1) is 19.5 Å². The van der Waals surface area contributed by atoms with Crippen molar-refractivity contribution in [2.45, 2.75) is 30.5 Å². The van der Waals surface area contributed by atoms with Crippen LogP contribution in [0.4, 0.5) is 0 Å². The van der Waals surface area contributed by atoms with Crippen molar-refractivity contribution in [1.29, 1.82) is 0 Å². The number of aliphatic hydroxyl groups excluding tert-OH is 2. The summed E-state index contributed by atoms with van der Waals surface area (Å²) >= 11 is 0. The second-order valence-corrected chi connectivity index (χ2v) is 8.17. The minimum Gasteiger partial charge on any atom is -0.387 e. The third-order valence-corrected chi connectivity index (χ3v) is 5.58. The van der Waals surface area contributed by atoms with Crippen LogP contribution in [0.5, 0.6) is 0 Å². The summed E-state index contributed by atoms with van der Waals surface area (Å²) in [4.78, 5) is 0. The van der Waals surface area contributed by atoms with Crippen LogP contribution in [0.2, 0.25) is 0 Å². The summed E-state index contributed by atoms with van der Waals surface area (Å²) < 4.78 is 35.4. The number of hydrogen-bond donors (Lipinski definition) is 2. The minimum absolute atomic E-state index is 0.0548. The average molecular weight is 343 g/mol. The number of benzene rings is 1. The van der Waals surface area contributed by atoms with Crippen molar-refractivity contribution in [3.8, 4) is 0 Å². The molecule has 23 heavy (non-hydrogen) atoms. The van der Waals surface area contributed by atoms with E-state index in [4.69, 9.17) is 9.47 Å². The molecule has 0 aromatic heterocycles. The van der Waals surface area contributed by atoms with Gasteiger partial charge in [0.2, 0.25) is 10.0 Å². The van der Waals surface area contributed by atoms with Crippen LogP contribution in [0, 0.1) is 0 Å². The van der Waals surface area contributed by atoms with Gasteiger partial charge in [-0.3, -0.25) is 0 Å². The largest absolute Gasteiger partial charge is 0.387 e. The van der Waals surface area contributed by atoms with E-state index in [1.165, 1.54) is 4.31 Å². The number of aliphatic hydroxyl groups is 2. The summed E-state index contributed by atoms with van der Waals surface area (Å²) in [6, 6.07) is 9.59. The molecule has 1 spiro atoms. The van der Waals surface area contributed by atoms with Crippen molar-refractivity contribution >= 4 is 10.0 Å². The molecule has 0 aliphatic carbocycles. The van der Waals surface area contributed by atoms with E-state index in [2.05, 4.69) is 0 Å². The first-order valence-corrected chi connectivity index (χ1v) is 9.27. The lowest BCUT2D eigenvalue weighted by Gasteiger charge is -2.47. The minimum atomic E-state index is -3.31. The zero-order valence-corrected chi connectivity index (χ0v) is 13.6. The Kier molecular flexibility index (Phi) is 4.47. The maximum absolute atomic E-state index is 11.5. The lowest BCUT2D eigenvalue weighted by atomic mass is 9.89. The van der Waals surface area contributed by atoms with Crippen LogP contribution in [0.1, 0.15) is 5.56 Å². The first-order chi connectivity index (χ1) is 10.8. The van der Waals surface area contributed by atoms with Crippen molar-refractivity contribution in [2.24, 2.45) is 0 Å². The van der Waals surface area contributed by atoms with E-state index in [1.54, 1.807) is 0 Å². The van der Waals surface area contributed by atoms with Crippen molar-refractivity contribution in [3.05, 3.63) is 35.9 Å². The van der Waals surface area contributed by atoms with Crippen molar-refractivity contribution < 1.29 is 28.1 Å². The molecule has 128 valence electrons. The summed E-state index contributed by atoms with van der Waals surface area (Å²) in [6.07, 6.45) is -1.77. The lowest BCUT2D eigenvalue weighted by molar-refractivity contribution is -0.153.